The van der Waals surface area contributed by atoms with Gasteiger partial charge in [0, 0.05) is 36.7 Å². The number of ketones is 1. The van der Waals surface area contributed by atoms with Crippen molar-refractivity contribution in [3.05, 3.63) is 29.3 Å². The molecule has 0 amide bonds. The summed E-state index contributed by atoms with van der Waals surface area (Å²) >= 11 is 0. The second-order valence-corrected chi connectivity index (χ2v) is 6.37. The molecule has 0 spiro atoms. The van der Waals surface area contributed by atoms with Gasteiger partial charge in [0.25, 0.3) is 0 Å². The highest BCUT2D eigenvalue weighted by Gasteiger charge is 2.21. The summed E-state index contributed by atoms with van der Waals surface area (Å²) < 4.78 is 10.8. The van der Waals surface area contributed by atoms with Crippen molar-refractivity contribution in [3.8, 4) is 0 Å². The van der Waals surface area contributed by atoms with Crippen molar-refractivity contribution in [1.29, 1.82) is 0 Å². The van der Waals surface area contributed by atoms with Gasteiger partial charge in [-0.15, -0.1) is 0 Å². The van der Waals surface area contributed by atoms with Crippen LogP contribution in [0.4, 0.5) is 5.69 Å². The molecular formula is C18H25NO3. The number of Topliss-reactive ketones (excluding diaryl/α,β-unsaturated/α-hetero) is 1. The SMILES string of the molecule is CC(C)N1CCCc2cc(C(=O)CCC3OCCO3)ccc21. The molecular weight excluding hydrogens is 278 g/mol. The second-order valence-electron chi connectivity index (χ2n) is 6.37. The summed E-state index contributed by atoms with van der Waals surface area (Å²) in [5.74, 6) is 0.184. The number of carbonyl (C=O) groups is 1. The van der Waals surface area contributed by atoms with Gasteiger partial charge in [0.2, 0.25) is 0 Å². The summed E-state index contributed by atoms with van der Waals surface area (Å²) in [5, 5.41) is 0. The van der Waals surface area contributed by atoms with E-state index in [1.54, 1.807) is 0 Å². The van der Waals surface area contributed by atoms with Crippen molar-refractivity contribution in [2.45, 2.75) is 51.9 Å². The average molecular weight is 303 g/mol. The molecule has 0 saturated carbocycles. The maximum absolute atomic E-state index is 12.4. The molecule has 2 aliphatic rings. The van der Waals surface area contributed by atoms with Crippen molar-refractivity contribution in [2.75, 3.05) is 24.7 Å². The lowest BCUT2D eigenvalue weighted by Gasteiger charge is -2.34. The number of rotatable bonds is 5. The maximum Gasteiger partial charge on any atom is 0.163 e. The Kier molecular flexibility index (Phi) is 4.79. The first-order valence-electron chi connectivity index (χ1n) is 8.31. The fraction of sp³-hybridized carbons (Fsp3) is 0.611. The molecule has 1 fully saturated rings. The fourth-order valence-corrected chi connectivity index (χ4v) is 3.30. The van der Waals surface area contributed by atoms with Crippen LogP contribution in [0.5, 0.6) is 0 Å². The lowest BCUT2D eigenvalue weighted by atomic mass is 9.96. The van der Waals surface area contributed by atoms with E-state index in [4.69, 9.17) is 9.47 Å². The molecule has 0 aliphatic carbocycles. The van der Waals surface area contributed by atoms with Crippen LogP contribution in [0.3, 0.4) is 0 Å². The van der Waals surface area contributed by atoms with Gasteiger partial charge in [-0.05, 0) is 50.5 Å². The molecule has 3 rings (SSSR count). The normalized spacial score (nSPS) is 18.8. The quantitative estimate of drug-likeness (QED) is 0.783. The van der Waals surface area contributed by atoms with Gasteiger partial charge in [-0.25, -0.2) is 0 Å². The molecule has 4 nitrogen and oxygen atoms in total. The monoisotopic (exact) mass is 303 g/mol. The van der Waals surface area contributed by atoms with Crippen LogP contribution in [0.25, 0.3) is 0 Å². The summed E-state index contributed by atoms with van der Waals surface area (Å²) in [6.45, 7) is 6.82. The van der Waals surface area contributed by atoms with Gasteiger partial charge in [-0.1, -0.05) is 0 Å². The van der Waals surface area contributed by atoms with Gasteiger partial charge in [0.05, 0.1) is 13.2 Å². The van der Waals surface area contributed by atoms with Crippen LogP contribution in [0.15, 0.2) is 18.2 Å². The van der Waals surface area contributed by atoms with Crippen molar-refractivity contribution in [2.24, 2.45) is 0 Å². The van der Waals surface area contributed by atoms with E-state index in [-0.39, 0.29) is 12.1 Å². The topological polar surface area (TPSA) is 38.8 Å². The van der Waals surface area contributed by atoms with E-state index in [2.05, 4.69) is 30.9 Å². The Labute approximate surface area is 132 Å². The fourth-order valence-electron chi connectivity index (χ4n) is 3.30. The van der Waals surface area contributed by atoms with Gasteiger partial charge in [-0.3, -0.25) is 4.79 Å². The van der Waals surface area contributed by atoms with Crippen LogP contribution in [-0.2, 0) is 15.9 Å². The first kappa shape index (κ1) is 15.5. The molecule has 0 N–H and O–H groups in total. The second kappa shape index (κ2) is 6.80. The van der Waals surface area contributed by atoms with Crippen molar-refractivity contribution in [3.63, 3.8) is 0 Å². The number of fused-ring (bicyclic) bond motifs is 1. The van der Waals surface area contributed by atoms with E-state index in [9.17, 15) is 4.79 Å². The Bertz CT molecular complexity index is 535. The van der Waals surface area contributed by atoms with E-state index in [0.29, 0.717) is 32.1 Å². The lowest BCUT2D eigenvalue weighted by Crippen LogP contribution is -2.35. The molecule has 0 atom stereocenters. The average Bonchev–Trinajstić information content (AvgIpc) is 3.04. The Morgan fingerprint density at radius 2 is 2.09 bits per heavy atom. The first-order chi connectivity index (χ1) is 10.6. The zero-order chi connectivity index (χ0) is 15.5. The van der Waals surface area contributed by atoms with Crippen LogP contribution in [-0.4, -0.2) is 37.9 Å². The molecule has 0 aromatic heterocycles. The molecule has 1 aromatic carbocycles. The molecule has 2 aliphatic heterocycles. The van der Waals surface area contributed by atoms with Gasteiger partial charge < -0.3 is 14.4 Å². The third-order valence-corrected chi connectivity index (χ3v) is 4.48. The molecule has 22 heavy (non-hydrogen) atoms. The highest BCUT2D eigenvalue weighted by Crippen LogP contribution is 2.30. The minimum atomic E-state index is -0.196. The smallest absolute Gasteiger partial charge is 0.163 e. The van der Waals surface area contributed by atoms with Gasteiger partial charge in [0.15, 0.2) is 12.1 Å². The summed E-state index contributed by atoms with van der Waals surface area (Å²) in [6.07, 6.45) is 3.16. The van der Waals surface area contributed by atoms with Gasteiger partial charge in [-0.2, -0.15) is 0 Å². The lowest BCUT2D eigenvalue weighted by molar-refractivity contribution is -0.0464. The van der Waals surface area contributed by atoms with E-state index in [0.717, 1.165) is 24.9 Å². The van der Waals surface area contributed by atoms with Crippen LogP contribution in [0.2, 0.25) is 0 Å². The predicted octanol–water partition coefficient (Wildman–Crippen LogP) is 3.18. The number of anilines is 1. The van der Waals surface area contributed by atoms with Crippen LogP contribution >= 0.6 is 0 Å². The summed E-state index contributed by atoms with van der Waals surface area (Å²) in [6, 6.07) is 6.67. The number of carbonyl (C=O) groups excluding carboxylic acids is 1. The molecule has 1 aromatic rings. The first-order valence-corrected chi connectivity index (χ1v) is 8.31. The summed E-state index contributed by atoms with van der Waals surface area (Å²) in [4.78, 5) is 14.8. The molecule has 1 saturated heterocycles. The number of hydrogen-bond acceptors (Lipinski definition) is 4. The third-order valence-electron chi connectivity index (χ3n) is 4.48. The molecule has 120 valence electrons. The summed E-state index contributed by atoms with van der Waals surface area (Å²) in [7, 11) is 0. The number of ether oxygens (including phenoxy) is 2. The number of benzene rings is 1. The predicted molar refractivity (Wildman–Crippen MR) is 86.5 cm³/mol. The van der Waals surface area contributed by atoms with Crippen molar-refractivity contribution >= 4 is 11.5 Å². The largest absolute Gasteiger partial charge is 0.369 e. The number of nitrogens with zero attached hydrogens (tertiary/aromatic N) is 1. The molecule has 2 heterocycles. The summed E-state index contributed by atoms with van der Waals surface area (Å²) in [5.41, 5.74) is 3.42. The van der Waals surface area contributed by atoms with E-state index < -0.39 is 0 Å². The van der Waals surface area contributed by atoms with Crippen molar-refractivity contribution < 1.29 is 14.3 Å². The zero-order valence-electron chi connectivity index (χ0n) is 13.5. The third kappa shape index (κ3) is 3.33. The number of aryl methyl sites for hydroxylation is 1. The highest BCUT2D eigenvalue weighted by atomic mass is 16.7. The minimum absolute atomic E-state index is 0.184. The van der Waals surface area contributed by atoms with Gasteiger partial charge in [0.1, 0.15) is 0 Å². The highest BCUT2D eigenvalue weighted by molar-refractivity contribution is 5.96. The van der Waals surface area contributed by atoms with E-state index >= 15 is 0 Å². The van der Waals surface area contributed by atoms with Crippen molar-refractivity contribution in [1.82, 2.24) is 0 Å². The van der Waals surface area contributed by atoms with E-state index in [1.807, 2.05) is 6.07 Å². The molecule has 0 radical (unpaired) electrons. The van der Waals surface area contributed by atoms with Gasteiger partial charge >= 0.3 is 0 Å². The Balaban J connectivity index is 1.68. The molecule has 0 unspecified atom stereocenters. The Morgan fingerprint density at radius 1 is 1.32 bits per heavy atom. The standard InChI is InChI=1S/C18H25NO3/c1-13(2)19-9-3-4-14-12-15(5-6-16(14)19)17(20)7-8-18-21-10-11-22-18/h5-6,12-13,18H,3-4,7-11H2,1-2H3. The Hall–Kier alpha value is -1.39. The minimum Gasteiger partial charge on any atom is -0.369 e. The maximum atomic E-state index is 12.4. The van der Waals surface area contributed by atoms with Crippen LogP contribution < -0.4 is 4.90 Å². The van der Waals surface area contributed by atoms with E-state index in [1.165, 1.54) is 11.3 Å². The van der Waals surface area contributed by atoms with Crippen LogP contribution in [0.1, 0.15) is 49.0 Å². The zero-order valence-corrected chi connectivity index (χ0v) is 13.5. The Morgan fingerprint density at radius 3 is 2.82 bits per heavy atom. The number of hydrogen-bond donors (Lipinski definition) is 0. The molecule has 0 bridgehead atoms. The molecule has 4 heteroatoms. The van der Waals surface area contributed by atoms with Crippen LogP contribution in [0, 0.1) is 0 Å².